The summed E-state index contributed by atoms with van der Waals surface area (Å²) >= 11 is 0. The van der Waals surface area contributed by atoms with Gasteiger partial charge in [0, 0.05) is 25.6 Å². The molecule has 1 heterocycles. The average molecular weight is 200 g/mol. The number of hydrogen-bond acceptors (Lipinski definition) is 2. The van der Waals surface area contributed by atoms with E-state index < -0.39 is 5.97 Å². The van der Waals surface area contributed by atoms with Gasteiger partial charge in [-0.05, 0) is 6.42 Å². The standard InChI is InChI=1S/C9H16N2O3/c1-2-3-10-9(14)11-5-7(6-11)4-8(12)13/h7H,2-6H2,1H3,(H,10,14)(H,12,13). The van der Waals surface area contributed by atoms with Crippen LogP contribution in [0.5, 0.6) is 0 Å². The van der Waals surface area contributed by atoms with E-state index >= 15 is 0 Å². The van der Waals surface area contributed by atoms with Crippen molar-refractivity contribution in [3.8, 4) is 0 Å². The molecule has 0 spiro atoms. The van der Waals surface area contributed by atoms with Crippen molar-refractivity contribution in [3.63, 3.8) is 0 Å². The van der Waals surface area contributed by atoms with Gasteiger partial charge in [0.2, 0.25) is 0 Å². The van der Waals surface area contributed by atoms with Gasteiger partial charge in [0.1, 0.15) is 0 Å². The molecule has 14 heavy (non-hydrogen) atoms. The molecule has 1 rings (SSSR count). The van der Waals surface area contributed by atoms with Gasteiger partial charge in [-0.15, -0.1) is 0 Å². The van der Waals surface area contributed by atoms with Crippen LogP contribution in [0.4, 0.5) is 4.79 Å². The van der Waals surface area contributed by atoms with Gasteiger partial charge >= 0.3 is 12.0 Å². The molecule has 1 aliphatic rings. The number of aliphatic carboxylic acids is 1. The van der Waals surface area contributed by atoms with Crippen LogP contribution in [0, 0.1) is 5.92 Å². The summed E-state index contributed by atoms with van der Waals surface area (Å²) < 4.78 is 0. The fraction of sp³-hybridized carbons (Fsp3) is 0.778. The van der Waals surface area contributed by atoms with Crippen LogP contribution < -0.4 is 5.32 Å². The summed E-state index contributed by atoms with van der Waals surface area (Å²) in [5, 5.41) is 11.2. The number of carbonyl (C=O) groups excluding carboxylic acids is 1. The van der Waals surface area contributed by atoms with E-state index in [1.165, 1.54) is 0 Å². The van der Waals surface area contributed by atoms with Crippen molar-refractivity contribution in [2.24, 2.45) is 5.92 Å². The van der Waals surface area contributed by atoms with Gasteiger partial charge in [-0.25, -0.2) is 4.79 Å². The molecule has 0 atom stereocenters. The SMILES string of the molecule is CCCNC(=O)N1CC(CC(=O)O)C1. The second-order valence-corrected chi connectivity index (χ2v) is 3.60. The Bertz CT molecular complexity index is 224. The first-order chi connectivity index (χ1) is 6.63. The third-order valence-electron chi connectivity index (χ3n) is 2.23. The zero-order chi connectivity index (χ0) is 10.6. The van der Waals surface area contributed by atoms with Crippen molar-refractivity contribution in [3.05, 3.63) is 0 Å². The quantitative estimate of drug-likeness (QED) is 0.694. The zero-order valence-corrected chi connectivity index (χ0v) is 8.32. The number of rotatable bonds is 4. The Hall–Kier alpha value is -1.26. The number of urea groups is 1. The second-order valence-electron chi connectivity index (χ2n) is 3.60. The normalized spacial score (nSPS) is 16.2. The first kappa shape index (κ1) is 10.8. The van der Waals surface area contributed by atoms with Crippen molar-refractivity contribution >= 4 is 12.0 Å². The lowest BCUT2D eigenvalue weighted by atomic mass is 9.97. The van der Waals surface area contributed by atoms with Crippen LogP contribution in [0.15, 0.2) is 0 Å². The van der Waals surface area contributed by atoms with Crippen LogP contribution in [0.1, 0.15) is 19.8 Å². The molecule has 0 radical (unpaired) electrons. The molecule has 1 fully saturated rings. The highest BCUT2D eigenvalue weighted by Crippen LogP contribution is 2.18. The summed E-state index contributed by atoms with van der Waals surface area (Å²) in [7, 11) is 0. The minimum atomic E-state index is -0.788. The van der Waals surface area contributed by atoms with Crippen molar-refractivity contribution in [1.29, 1.82) is 0 Å². The Labute approximate surface area is 83.1 Å². The molecule has 5 heteroatoms. The number of nitrogens with one attached hydrogen (secondary N) is 1. The van der Waals surface area contributed by atoms with Gasteiger partial charge in [-0.2, -0.15) is 0 Å². The lowest BCUT2D eigenvalue weighted by Gasteiger charge is -2.38. The summed E-state index contributed by atoms with van der Waals surface area (Å²) in [4.78, 5) is 23.3. The third-order valence-corrected chi connectivity index (χ3v) is 2.23. The summed E-state index contributed by atoms with van der Waals surface area (Å²) in [6, 6.07) is -0.0755. The Morgan fingerprint density at radius 2 is 2.14 bits per heavy atom. The monoisotopic (exact) mass is 200 g/mol. The number of likely N-dealkylation sites (tertiary alicyclic amines) is 1. The molecule has 0 aromatic rings. The first-order valence-corrected chi connectivity index (χ1v) is 4.88. The lowest BCUT2D eigenvalue weighted by molar-refractivity contribution is -0.139. The Balaban J connectivity index is 2.14. The highest BCUT2D eigenvalue weighted by molar-refractivity contribution is 5.75. The molecule has 2 N–H and O–H groups in total. The first-order valence-electron chi connectivity index (χ1n) is 4.88. The molecule has 0 aromatic heterocycles. The Morgan fingerprint density at radius 3 is 2.64 bits per heavy atom. The van der Waals surface area contributed by atoms with E-state index in [9.17, 15) is 9.59 Å². The minimum absolute atomic E-state index is 0.0755. The summed E-state index contributed by atoms with van der Waals surface area (Å²) in [6.45, 7) is 3.81. The van der Waals surface area contributed by atoms with Gasteiger partial charge in [0.05, 0.1) is 6.42 Å². The van der Waals surface area contributed by atoms with E-state index in [1.54, 1.807) is 4.90 Å². The molecule has 1 saturated heterocycles. The molecule has 0 saturated carbocycles. The maximum absolute atomic E-state index is 11.3. The number of carboxylic acid groups (broad SMARTS) is 1. The van der Waals surface area contributed by atoms with Crippen LogP contribution >= 0.6 is 0 Å². The fourth-order valence-electron chi connectivity index (χ4n) is 1.46. The lowest BCUT2D eigenvalue weighted by Crippen LogP contribution is -2.54. The van der Waals surface area contributed by atoms with Crippen LogP contribution in [-0.4, -0.2) is 41.6 Å². The maximum Gasteiger partial charge on any atom is 0.317 e. The Kier molecular flexibility index (Phi) is 3.73. The smallest absolute Gasteiger partial charge is 0.317 e. The Morgan fingerprint density at radius 1 is 1.50 bits per heavy atom. The predicted molar refractivity (Wildman–Crippen MR) is 51.0 cm³/mol. The molecule has 0 bridgehead atoms. The van der Waals surface area contributed by atoms with Gasteiger partial charge in [-0.1, -0.05) is 6.92 Å². The number of carbonyl (C=O) groups is 2. The van der Waals surface area contributed by atoms with Crippen molar-refractivity contribution in [2.75, 3.05) is 19.6 Å². The molecule has 0 aliphatic carbocycles. The van der Waals surface area contributed by atoms with Crippen LogP contribution in [0.25, 0.3) is 0 Å². The zero-order valence-electron chi connectivity index (χ0n) is 8.32. The number of carboxylic acids is 1. The van der Waals surface area contributed by atoms with E-state index in [2.05, 4.69) is 5.32 Å². The van der Waals surface area contributed by atoms with Crippen molar-refractivity contribution in [2.45, 2.75) is 19.8 Å². The summed E-state index contributed by atoms with van der Waals surface area (Å²) in [6.07, 6.45) is 1.08. The van der Waals surface area contributed by atoms with E-state index in [4.69, 9.17) is 5.11 Å². The summed E-state index contributed by atoms with van der Waals surface area (Å²) in [5.41, 5.74) is 0. The highest BCUT2D eigenvalue weighted by Gasteiger charge is 2.31. The molecule has 2 amide bonds. The molecule has 80 valence electrons. The average Bonchev–Trinajstić information content (AvgIpc) is 2.06. The number of amides is 2. The van der Waals surface area contributed by atoms with E-state index in [1.807, 2.05) is 6.92 Å². The fourth-order valence-corrected chi connectivity index (χ4v) is 1.46. The van der Waals surface area contributed by atoms with Crippen LogP contribution in [0.2, 0.25) is 0 Å². The van der Waals surface area contributed by atoms with Gasteiger partial charge in [0.15, 0.2) is 0 Å². The third kappa shape index (κ3) is 2.90. The topological polar surface area (TPSA) is 69.6 Å². The van der Waals surface area contributed by atoms with E-state index in [-0.39, 0.29) is 18.4 Å². The van der Waals surface area contributed by atoms with Crippen molar-refractivity contribution < 1.29 is 14.7 Å². The summed E-state index contributed by atoms with van der Waals surface area (Å²) in [5.74, 6) is -0.650. The molecule has 0 aromatic carbocycles. The van der Waals surface area contributed by atoms with E-state index in [0.717, 1.165) is 6.42 Å². The number of nitrogens with zero attached hydrogens (tertiary/aromatic N) is 1. The predicted octanol–water partition coefficient (Wildman–Crippen LogP) is 0.513. The minimum Gasteiger partial charge on any atom is -0.481 e. The number of hydrogen-bond donors (Lipinski definition) is 2. The van der Waals surface area contributed by atoms with Crippen LogP contribution in [0.3, 0.4) is 0 Å². The second kappa shape index (κ2) is 4.83. The van der Waals surface area contributed by atoms with Gasteiger partial charge < -0.3 is 15.3 Å². The largest absolute Gasteiger partial charge is 0.481 e. The maximum atomic E-state index is 11.3. The van der Waals surface area contributed by atoms with Crippen molar-refractivity contribution in [1.82, 2.24) is 10.2 Å². The van der Waals surface area contributed by atoms with Crippen LogP contribution in [-0.2, 0) is 4.79 Å². The molecular formula is C9H16N2O3. The highest BCUT2D eigenvalue weighted by atomic mass is 16.4. The molecular weight excluding hydrogens is 184 g/mol. The molecule has 1 aliphatic heterocycles. The van der Waals surface area contributed by atoms with Gasteiger partial charge in [0.25, 0.3) is 0 Å². The van der Waals surface area contributed by atoms with E-state index in [0.29, 0.717) is 19.6 Å². The van der Waals surface area contributed by atoms with Gasteiger partial charge in [-0.3, -0.25) is 4.79 Å². The molecule has 5 nitrogen and oxygen atoms in total. The molecule has 0 unspecified atom stereocenters.